The number of nitrogens with one attached hydrogen (secondary N) is 1. The molecule has 2 aromatic rings. The second kappa shape index (κ2) is 7.34. The van der Waals surface area contributed by atoms with Gasteiger partial charge in [0.2, 0.25) is 0 Å². The Bertz CT molecular complexity index is 619. The van der Waals surface area contributed by atoms with Crippen LogP contribution in [0.2, 0.25) is 5.02 Å². The molecule has 3 rings (SSSR count). The molecule has 2 heterocycles. The summed E-state index contributed by atoms with van der Waals surface area (Å²) in [5.41, 5.74) is 0.771. The molecule has 1 aromatic carbocycles. The molecule has 124 valence electrons. The SMILES string of the molecule is CCOc1c(F)cc([C@@H](c2ccco2)N2CCNCC2)cc1Cl. The summed E-state index contributed by atoms with van der Waals surface area (Å²) in [5.74, 6) is 0.448. The molecule has 0 saturated carbocycles. The molecule has 1 aromatic heterocycles. The van der Waals surface area contributed by atoms with Crippen molar-refractivity contribution in [2.24, 2.45) is 0 Å². The Labute approximate surface area is 140 Å². The van der Waals surface area contributed by atoms with Crippen molar-refractivity contribution in [2.45, 2.75) is 13.0 Å². The van der Waals surface area contributed by atoms with E-state index in [1.165, 1.54) is 6.07 Å². The minimum absolute atomic E-state index is 0.108. The van der Waals surface area contributed by atoms with Crippen LogP contribution in [0.5, 0.6) is 5.75 Å². The van der Waals surface area contributed by atoms with E-state index in [1.807, 2.05) is 12.1 Å². The predicted octanol–water partition coefficient (Wildman–Crippen LogP) is 3.47. The second-order valence-corrected chi connectivity index (χ2v) is 5.86. The van der Waals surface area contributed by atoms with Gasteiger partial charge in [0.15, 0.2) is 11.6 Å². The van der Waals surface area contributed by atoms with Gasteiger partial charge in [0, 0.05) is 26.2 Å². The molecule has 4 nitrogen and oxygen atoms in total. The molecule has 0 aliphatic carbocycles. The van der Waals surface area contributed by atoms with Crippen molar-refractivity contribution in [3.63, 3.8) is 0 Å². The van der Waals surface area contributed by atoms with Crippen LogP contribution >= 0.6 is 11.6 Å². The van der Waals surface area contributed by atoms with E-state index in [2.05, 4.69) is 10.2 Å². The highest BCUT2D eigenvalue weighted by Crippen LogP contribution is 2.36. The number of halogens is 2. The van der Waals surface area contributed by atoms with E-state index in [9.17, 15) is 4.39 Å². The van der Waals surface area contributed by atoms with Gasteiger partial charge in [-0.25, -0.2) is 4.39 Å². The summed E-state index contributed by atoms with van der Waals surface area (Å²) in [6.07, 6.45) is 1.64. The van der Waals surface area contributed by atoms with E-state index in [0.717, 1.165) is 37.5 Å². The molecule has 1 N–H and O–H groups in total. The van der Waals surface area contributed by atoms with E-state index in [1.54, 1.807) is 19.3 Å². The van der Waals surface area contributed by atoms with Crippen molar-refractivity contribution in [2.75, 3.05) is 32.8 Å². The van der Waals surface area contributed by atoms with Gasteiger partial charge in [-0.15, -0.1) is 0 Å². The third kappa shape index (κ3) is 3.52. The molecule has 0 spiro atoms. The van der Waals surface area contributed by atoms with E-state index >= 15 is 0 Å². The van der Waals surface area contributed by atoms with Crippen molar-refractivity contribution in [3.8, 4) is 5.75 Å². The third-order valence-electron chi connectivity index (χ3n) is 3.95. The fraction of sp³-hybridized carbons (Fsp3) is 0.412. The van der Waals surface area contributed by atoms with Crippen molar-refractivity contribution >= 4 is 11.6 Å². The van der Waals surface area contributed by atoms with Gasteiger partial charge in [0.1, 0.15) is 5.76 Å². The molecule has 1 fully saturated rings. The lowest BCUT2D eigenvalue weighted by atomic mass is 10.0. The Morgan fingerprint density at radius 2 is 2.17 bits per heavy atom. The summed E-state index contributed by atoms with van der Waals surface area (Å²) in [5, 5.41) is 3.61. The van der Waals surface area contributed by atoms with Crippen LogP contribution in [0.15, 0.2) is 34.9 Å². The molecular formula is C17H20ClFN2O2. The van der Waals surface area contributed by atoms with Crippen molar-refractivity contribution in [1.29, 1.82) is 0 Å². The lowest BCUT2D eigenvalue weighted by Gasteiger charge is -2.34. The van der Waals surface area contributed by atoms with E-state index in [-0.39, 0.29) is 16.8 Å². The lowest BCUT2D eigenvalue weighted by molar-refractivity contribution is 0.179. The van der Waals surface area contributed by atoms with Gasteiger partial charge in [-0.3, -0.25) is 4.90 Å². The highest BCUT2D eigenvalue weighted by Gasteiger charge is 2.27. The van der Waals surface area contributed by atoms with Crippen LogP contribution in [0.1, 0.15) is 24.3 Å². The van der Waals surface area contributed by atoms with Crippen LogP contribution < -0.4 is 10.1 Å². The zero-order valence-electron chi connectivity index (χ0n) is 13.0. The molecule has 6 heteroatoms. The Hall–Kier alpha value is -1.56. The van der Waals surface area contributed by atoms with Gasteiger partial charge in [-0.2, -0.15) is 0 Å². The van der Waals surface area contributed by atoms with Gasteiger partial charge in [0.25, 0.3) is 0 Å². The number of nitrogens with zero attached hydrogens (tertiary/aromatic N) is 1. The van der Waals surface area contributed by atoms with Crippen molar-refractivity contribution < 1.29 is 13.5 Å². The van der Waals surface area contributed by atoms with Gasteiger partial charge < -0.3 is 14.5 Å². The molecule has 1 aliphatic rings. The summed E-state index contributed by atoms with van der Waals surface area (Å²) in [6, 6.07) is 6.86. The van der Waals surface area contributed by atoms with Crippen LogP contribution in [-0.2, 0) is 0 Å². The number of ether oxygens (including phenoxy) is 1. The Balaban J connectivity index is 1.99. The Morgan fingerprint density at radius 3 is 2.78 bits per heavy atom. The summed E-state index contributed by atoms with van der Waals surface area (Å²) >= 11 is 6.23. The van der Waals surface area contributed by atoms with Gasteiger partial charge in [0.05, 0.1) is 23.9 Å². The van der Waals surface area contributed by atoms with Gasteiger partial charge >= 0.3 is 0 Å². The largest absolute Gasteiger partial charge is 0.489 e. The number of benzene rings is 1. The summed E-state index contributed by atoms with van der Waals surface area (Å²) < 4.78 is 25.3. The van der Waals surface area contributed by atoms with Crippen LogP contribution in [0.3, 0.4) is 0 Å². The standard InChI is InChI=1S/C17H20ClFN2O2/c1-2-22-17-13(18)10-12(11-14(17)19)16(15-4-3-9-23-15)21-7-5-20-6-8-21/h3-4,9-11,16,20H,2,5-8H2,1H3/t16-/m0/s1. The first-order valence-electron chi connectivity index (χ1n) is 7.80. The third-order valence-corrected chi connectivity index (χ3v) is 4.24. The fourth-order valence-electron chi connectivity index (χ4n) is 2.96. The molecular weight excluding hydrogens is 319 g/mol. The molecule has 0 bridgehead atoms. The van der Waals surface area contributed by atoms with Crippen molar-refractivity contribution in [3.05, 3.63) is 52.7 Å². The number of hydrogen-bond acceptors (Lipinski definition) is 4. The first-order valence-corrected chi connectivity index (χ1v) is 8.18. The molecule has 0 radical (unpaired) electrons. The molecule has 0 amide bonds. The quantitative estimate of drug-likeness (QED) is 0.906. The van der Waals surface area contributed by atoms with Gasteiger partial charge in [-0.05, 0) is 36.8 Å². The number of rotatable bonds is 5. The lowest BCUT2D eigenvalue weighted by Crippen LogP contribution is -2.45. The van der Waals surface area contributed by atoms with E-state index < -0.39 is 5.82 Å². The summed E-state index contributed by atoms with van der Waals surface area (Å²) in [6.45, 7) is 5.68. The number of furan rings is 1. The van der Waals surface area contributed by atoms with Crippen LogP contribution in [0, 0.1) is 5.82 Å². The topological polar surface area (TPSA) is 37.6 Å². The van der Waals surface area contributed by atoms with Crippen LogP contribution in [0.4, 0.5) is 4.39 Å². The zero-order valence-corrected chi connectivity index (χ0v) is 13.8. The monoisotopic (exact) mass is 338 g/mol. The maximum atomic E-state index is 14.4. The molecule has 1 saturated heterocycles. The molecule has 0 unspecified atom stereocenters. The zero-order chi connectivity index (χ0) is 16.2. The first kappa shape index (κ1) is 16.3. The smallest absolute Gasteiger partial charge is 0.173 e. The first-order chi connectivity index (χ1) is 11.2. The minimum atomic E-state index is -0.443. The van der Waals surface area contributed by atoms with Crippen LogP contribution in [-0.4, -0.2) is 37.7 Å². The van der Waals surface area contributed by atoms with E-state index in [0.29, 0.717) is 6.61 Å². The molecule has 23 heavy (non-hydrogen) atoms. The van der Waals surface area contributed by atoms with Gasteiger partial charge in [-0.1, -0.05) is 11.6 Å². The number of piperazine rings is 1. The highest BCUT2D eigenvalue weighted by atomic mass is 35.5. The predicted molar refractivity (Wildman–Crippen MR) is 87.6 cm³/mol. The second-order valence-electron chi connectivity index (χ2n) is 5.45. The summed E-state index contributed by atoms with van der Waals surface area (Å²) in [7, 11) is 0. The van der Waals surface area contributed by atoms with E-state index in [4.69, 9.17) is 20.8 Å². The average molecular weight is 339 g/mol. The van der Waals surface area contributed by atoms with Crippen LogP contribution in [0.25, 0.3) is 0 Å². The molecule has 1 aliphatic heterocycles. The normalized spacial score (nSPS) is 17.2. The fourth-order valence-corrected chi connectivity index (χ4v) is 3.23. The number of hydrogen-bond donors (Lipinski definition) is 1. The Kier molecular flexibility index (Phi) is 5.20. The minimum Gasteiger partial charge on any atom is -0.489 e. The maximum absolute atomic E-state index is 14.4. The Morgan fingerprint density at radius 1 is 1.39 bits per heavy atom. The average Bonchev–Trinajstić information content (AvgIpc) is 3.06. The summed E-state index contributed by atoms with van der Waals surface area (Å²) in [4.78, 5) is 2.26. The highest BCUT2D eigenvalue weighted by molar-refractivity contribution is 6.32. The van der Waals surface area contributed by atoms with Crippen molar-refractivity contribution in [1.82, 2.24) is 10.2 Å². The molecule has 1 atom stereocenters. The maximum Gasteiger partial charge on any atom is 0.173 e.